The molecule has 1 aromatic carbocycles. The van der Waals surface area contributed by atoms with E-state index in [2.05, 4.69) is 31.5 Å². The van der Waals surface area contributed by atoms with Crippen LogP contribution in [0.1, 0.15) is 23.2 Å². The van der Waals surface area contributed by atoms with Crippen molar-refractivity contribution >= 4 is 11.6 Å². The van der Waals surface area contributed by atoms with Gasteiger partial charge in [0.1, 0.15) is 17.8 Å². The predicted molar refractivity (Wildman–Crippen MR) is 102 cm³/mol. The van der Waals surface area contributed by atoms with Crippen LogP contribution in [0.15, 0.2) is 49.1 Å². The van der Waals surface area contributed by atoms with E-state index in [1.165, 1.54) is 17.8 Å². The summed E-state index contributed by atoms with van der Waals surface area (Å²) >= 11 is 0. The van der Waals surface area contributed by atoms with E-state index >= 15 is 0 Å². The minimum atomic E-state index is -2.60. The normalized spacial score (nSPS) is 12.9. The fraction of sp³-hybridized carbons (Fsp3) is 0.200. The number of benzene rings is 1. The molecule has 0 spiro atoms. The van der Waals surface area contributed by atoms with E-state index < -0.39 is 6.43 Å². The van der Waals surface area contributed by atoms with E-state index in [0.29, 0.717) is 35.9 Å². The average Bonchev–Trinajstić information content (AvgIpc) is 3.42. The van der Waals surface area contributed by atoms with Gasteiger partial charge < -0.3 is 10.1 Å². The number of halogens is 2. The summed E-state index contributed by atoms with van der Waals surface area (Å²) in [6.45, 7) is 1.28. The first-order chi connectivity index (χ1) is 14.2. The van der Waals surface area contributed by atoms with E-state index in [1.807, 2.05) is 12.1 Å². The van der Waals surface area contributed by atoms with Crippen molar-refractivity contribution in [2.45, 2.75) is 19.4 Å². The monoisotopic (exact) mass is 394 g/mol. The van der Waals surface area contributed by atoms with Crippen LogP contribution in [0.2, 0.25) is 0 Å². The van der Waals surface area contributed by atoms with Gasteiger partial charge in [-0.05, 0) is 17.7 Å². The van der Waals surface area contributed by atoms with Gasteiger partial charge in [-0.15, -0.1) is 10.2 Å². The Kier molecular flexibility index (Phi) is 4.27. The summed E-state index contributed by atoms with van der Waals surface area (Å²) in [5.41, 5.74) is 3.97. The maximum atomic E-state index is 12.7. The van der Waals surface area contributed by atoms with Gasteiger partial charge in [0.2, 0.25) is 5.95 Å². The summed E-state index contributed by atoms with van der Waals surface area (Å²) < 4.78 is 32.8. The molecule has 146 valence electrons. The van der Waals surface area contributed by atoms with Gasteiger partial charge in [-0.3, -0.25) is 9.38 Å². The van der Waals surface area contributed by atoms with Crippen LogP contribution in [-0.2, 0) is 13.0 Å². The molecule has 4 aromatic rings. The highest BCUT2D eigenvalue weighted by molar-refractivity contribution is 5.77. The molecule has 9 heteroatoms. The van der Waals surface area contributed by atoms with Gasteiger partial charge in [0, 0.05) is 42.0 Å². The van der Waals surface area contributed by atoms with Gasteiger partial charge >= 0.3 is 0 Å². The second-order valence-electron chi connectivity index (χ2n) is 6.64. The molecule has 1 N–H and O–H groups in total. The molecule has 0 fully saturated rings. The Morgan fingerprint density at radius 1 is 1.14 bits per heavy atom. The number of alkyl halides is 2. The van der Waals surface area contributed by atoms with Crippen LogP contribution < -0.4 is 10.1 Å². The Labute approximate surface area is 164 Å². The maximum absolute atomic E-state index is 12.7. The molecule has 0 amide bonds. The van der Waals surface area contributed by atoms with Crippen molar-refractivity contribution in [1.82, 2.24) is 24.6 Å². The molecule has 4 heterocycles. The highest BCUT2D eigenvalue weighted by atomic mass is 19.3. The lowest BCUT2D eigenvalue weighted by molar-refractivity contribution is 0.146. The van der Waals surface area contributed by atoms with Crippen LogP contribution in [0.3, 0.4) is 0 Å². The summed E-state index contributed by atoms with van der Waals surface area (Å²) in [7, 11) is 0. The molecule has 0 bridgehead atoms. The lowest BCUT2D eigenvalue weighted by Gasteiger charge is -2.12. The largest absolute Gasteiger partial charge is 0.493 e. The van der Waals surface area contributed by atoms with Crippen LogP contribution in [0.25, 0.3) is 16.8 Å². The van der Waals surface area contributed by atoms with E-state index in [4.69, 9.17) is 4.74 Å². The molecular formula is C20H16F2N6O. The molecule has 0 saturated heterocycles. The standard InChI is InChI=1S/C20H16F2N6O/c21-18(22)16-5-4-13(8-23-16)15-10-25-20(28-11-26-27-19(15)28)24-9-12-2-1-3-17-14(12)6-7-29-17/h1-5,8,10-11,18H,6-7,9H2,(H,24,25). The van der Waals surface area contributed by atoms with Crippen LogP contribution in [0, 0.1) is 0 Å². The van der Waals surface area contributed by atoms with E-state index in [9.17, 15) is 8.78 Å². The van der Waals surface area contributed by atoms with Gasteiger partial charge in [0.25, 0.3) is 6.43 Å². The SMILES string of the molecule is FC(F)c1ccc(-c2cnc(NCc3cccc4c3CCO4)n3cnnc23)cn1. The average molecular weight is 394 g/mol. The lowest BCUT2D eigenvalue weighted by atomic mass is 10.1. The van der Waals surface area contributed by atoms with Gasteiger partial charge in [0.05, 0.1) is 6.61 Å². The summed E-state index contributed by atoms with van der Waals surface area (Å²) in [4.78, 5) is 8.30. The third-order valence-electron chi connectivity index (χ3n) is 4.93. The number of hydrogen-bond acceptors (Lipinski definition) is 6. The first-order valence-corrected chi connectivity index (χ1v) is 9.11. The highest BCUT2D eigenvalue weighted by Crippen LogP contribution is 2.29. The van der Waals surface area contributed by atoms with Crippen LogP contribution in [-0.4, -0.2) is 31.2 Å². The van der Waals surface area contributed by atoms with Gasteiger partial charge in [-0.1, -0.05) is 18.2 Å². The molecule has 29 heavy (non-hydrogen) atoms. The molecule has 5 rings (SSSR count). The lowest BCUT2D eigenvalue weighted by Crippen LogP contribution is -2.08. The van der Waals surface area contributed by atoms with Crippen molar-refractivity contribution in [2.24, 2.45) is 0 Å². The van der Waals surface area contributed by atoms with E-state index in [0.717, 1.165) is 17.7 Å². The molecule has 1 aliphatic heterocycles. The zero-order valence-corrected chi connectivity index (χ0v) is 15.2. The number of nitrogens with one attached hydrogen (secondary N) is 1. The smallest absolute Gasteiger partial charge is 0.280 e. The molecule has 3 aromatic heterocycles. The van der Waals surface area contributed by atoms with Crippen molar-refractivity contribution in [2.75, 3.05) is 11.9 Å². The van der Waals surface area contributed by atoms with Crippen LogP contribution in [0.5, 0.6) is 5.75 Å². The fourth-order valence-corrected chi connectivity index (χ4v) is 3.48. The number of hydrogen-bond donors (Lipinski definition) is 1. The van der Waals surface area contributed by atoms with Gasteiger partial charge in [-0.25, -0.2) is 13.8 Å². The van der Waals surface area contributed by atoms with Crippen molar-refractivity contribution < 1.29 is 13.5 Å². The minimum Gasteiger partial charge on any atom is -0.493 e. The molecule has 1 aliphatic rings. The van der Waals surface area contributed by atoms with E-state index in [1.54, 1.807) is 23.0 Å². The topological polar surface area (TPSA) is 77.2 Å². The molecule has 0 radical (unpaired) electrons. The third kappa shape index (κ3) is 3.14. The predicted octanol–water partition coefficient (Wildman–Crippen LogP) is 3.67. The molecule has 0 unspecified atom stereocenters. The number of ether oxygens (including phenoxy) is 1. The van der Waals surface area contributed by atoms with Crippen LogP contribution >= 0.6 is 0 Å². The van der Waals surface area contributed by atoms with Crippen molar-refractivity contribution in [3.63, 3.8) is 0 Å². The molecule has 0 saturated carbocycles. The summed E-state index contributed by atoms with van der Waals surface area (Å²) in [5, 5.41) is 11.5. The van der Waals surface area contributed by atoms with Gasteiger partial charge in [-0.2, -0.15) is 0 Å². The fourth-order valence-electron chi connectivity index (χ4n) is 3.48. The highest BCUT2D eigenvalue weighted by Gasteiger charge is 2.17. The number of pyridine rings is 1. The number of rotatable bonds is 5. The zero-order chi connectivity index (χ0) is 19.8. The Morgan fingerprint density at radius 2 is 2.07 bits per heavy atom. The number of anilines is 1. The van der Waals surface area contributed by atoms with E-state index in [-0.39, 0.29) is 5.69 Å². The summed E-state index contributed by atoms with van der Waals surface area (Å²) in [6, 6.07) is 8.90. The molecule has 0 atom stereocenters. The Morgan fingerprint density at radius 3 is 2.90 bits per heavy atom. The summed E-state index contributed by atoms with van der Waals surface area (Å²) in [5.74, 6) is 1.52. The van der Waals surface area contributed by atoms with Crippen LogP contribution in [0.4, 0.5) is 14.7 Å². The number of nitrogens with zero attached hydrogens (tertiary/aromatic N) is 5. The van der Waals surface area contributed by atoms with Crippen molar-refractivity contribution in [3.8, 4) is 16.9 Å². The first-order valence-electron chi connectivity index (χ1n) is 9.11. The summed E-state index contributed by atoms with van der Waals surface area (Å²) in [6.07, 6.45) is 2.89. The molecule has 7 nitrogen and oxygen atoms in total. The number of fused-ring (bicyclic) bond motifs is 2. The molecule has 0 aliphatic carbocycles. The van der Waals surface area contributed by atoms with Crippen molar-refractivity contribution in [1.29, 1.82) is 0 Å². The Balaban J connectivity index is 1.44. The Bertz CT molecular complexity index is 1180. The third-order valence-corrected chi connectivity index (χ3v) is 4.93. The second-order valence-corrected chi connectivity index (χ2v) is 6.64. The Hall–Kier alpha value is -3.62. The quantitative estimate of drug-likeness (QED) is 0.557. The van der Waals surface area contributed by atoms with Gasteiger partial charge in [0.15, 0.2) is 5.65 Å². The molecular weight excluding hydrogens is 378 g/mol. The number of aromatic nitrogens is 5. The van der Waals surface area contributed by atoms with Crippen molar-refractivity contribution in [3.05, 3.63) is 65.9 Å². The second kappa shape index (κ2) is 7.08. The maximum Gasteiger partial charge on any atom is 0.280 e. The zero-order valence-electron chi connectivity index (χ0n) is 15.2. The first kappa shape index (κ1) is 17.5. The minimum absolute atomic E-state index is 0.267.